The lowest BCUT2D eigenvalue weighted by atomic mass is 10.3. The summed E-state index contributed by atoms with van der Waals surface area (Å²) >= 11 is 0. The molecule has 1 N–H and O–H groups in total. The van der Waals surface area contributed by atoms with E-state index in [1.807, 2.05) is 6.07 Å². The van der Waals surface area contributed by atoms with Gasteiger partial charge in [-0.3, -0.25) is 5.32 Å². The van der Waals surface area contributed by atoms with Crippen LogP contribution in [0, 0.1) is 0 Å². The SMILES string of the molecule is C=C(C)C(=O)OC(C)OC(=O)Nc1ccccc1. The largest absolute Gasteiger partial charge is 0.422 e. The zero-order chi connectivity index (χ0) is 13.5. The summed E-state index contributed by atoms with van der Waals surface area (Å²) in [5.41, 5.74) is 0.842. The monoisotopic (exact) mass is 249 g/mol. The number of carbonyl (C=O) groups excluding carboxylic acids is 2. The highest BCUT2D eigenvalue weighted by atomic mass is 16.7. The first kappa shape index (κ1) is 13.8. The lowest BCUT2D eigenvalue weighted by molar-refractivity contribution is -0.159. The Balaban J connectivity index is 2.41. The van der Waals surface area contributed by atoms with Crippen LogP contribution >= 0.6 is 0 Å². The van der Waals surface area contributed by atoms with Crippen LogP contribution in [0.25, 0.3) is 0 Å². The molecule has 0 fully saturated rings. The van der Waals surface area contributed by atoms with E-state index in [2.05, 4.69) is 11.9 Å². The van der Waals surface area contributed by atoms with Gasteiger partial charge in [-0.05, 0) is 19.1 Å². The van der Waals surface area contributed by atoms with E-state index in [1.165, 1.54) is 13.8 Å². The van der Waals surface area contributed by atoms with Gasteiger partial charge in [0.2, 0.25) is 6.29 Å². The highest BCUT2D eigenvalue weighted by Crippen LogP contribution is 2.07. The van der Waals surface area contributed by atoms with Crippen LogP contribution in [0.5, 0.6) is 0 Å². The molecule has 5 nitrogen and oxygen atoms in total. The third kappa shape index (κ3) is 4.69. The molecule has 1 amide bonds. The van der Waals surface area contributed by atoms with Gasteiger partial charge in [0, 0.05) is 18.2 Å². The maximum atomic E-state index is 11.4. The predicted octanol–water partition coefficient (Wildman–Crippen LogP) is 2.70. The Morgan fingerprint density at radius 2 is 1.83 bits per heavy atom. The number of carbonyl (C=O) groups is 2. The summed E-state index contributed by atoms with van der Waals surface area (Å²) in [5, 5.41) is 2.50. The lowest BCUT2D eigenvalue weighted by Gasteiger charge is -2.14. The van der Waals surface area contributed by atoms with Crippen molar-refractivity contribution in [2.75, 3.05) is 5.32 Å². The van der Waals surface area contributed by atoms with Crippen LogP contribution in [0.3, 0.4) is 0 Å². The first-order valence-corrected chi connectivity index (χ1v) is 5.38. The van der Waals surface area contributed by atoms with Gasteiger partial charge in [-0.2, -0.15) is 0 Å². The number of hydrogen-bond donors (Lipinski definition) is 1. The van der Waals surface area contributed by atoms with E-state index in [0.717, 1.165) is 0 Å². The number of ether oxygens (including phenoxy) is 2. The minimum Gasteiger partial charge on any atom is -0.422 e. The molecule has 0 bridgehead atoms. The number of anilines is 1. The molecule has 0 aliphatic rings. The van der Waals surface area contributed by atoms with Crippen LogP contribution in [0.4, 0.5) is 10.5 Å². The van der Waals surface area contributed by atoms with E-state index in [1.54, 1.807) is 24.3 Å². The van der Waals surface area contributed by atoms with Crippen molar-refractivity contribution in [2.24, 2.45) is 0 Å². The summed E-state index contributed by atoms with van der Waals surface area (Å²) < 4.78 is 9.64. The smallest absolute Gasteiger partial charge is 0.414 e. The molecule has 5 heteroatoms. The van der Waals surface area contributed by atoms with Crippen molar-refractivity contribution >= 4 is 17.7 Å². The van der Waals surface area contributed by atoms with E-state index < -0.39 is 18.4 Å². The topological polar surface area (TPSA) is 64.6 Å². The highest BCUT2D eigenvalue weighted by Gasteiger charge is 2.14. The molecule has 0 aliphatic heterocycles. The summed E-state index contributed by atoms with van der Waals surface area (Å²) in [7, 11) is 0. The molecule has 1 atom stereocenters. The maximum Gasteiger partial charge on any atom is 0.414 e. The molecule has 1 aromatic rings. The zero-order valence-electron chi connectivity index (χ0n) is 10.3. The molecule has 0 spiro atoms. The van der Waals surface area contributed by atoms with Crippen LogP contribution in [-0.4, -0.2) is 18.4 Å². The van der Waals surface area contributed by atoms with Gasteiger partial charge in [0.15, 0.2) is 0 Å². The van der Waals surface area contributed by atoms with E-state index in [9.17, 15) is 9.59 Å². The Morgan fingerprint density at radius 1 is 1.22 bits per heavy atom. The molecule has 0 aromatic heterocycles. The highest BCUT2D eigenvalue weighted by molar-refractivity contribution is 5.87. The van der Waals surface area contributed by atoms with Gasteiger partial charge in [0.25, 0.3) is 0 Å². The second-order valence-corrected chi connectivity index (χ2v) is 3.65. The summed E-state index contributed by atoms with van der Waals surface area (Å²) in [6.07, 6.45) is -1.67. The van der Waals surface area contributed by atoms with E-state index in [4.69, 9.17) is 9.47 Å². The molecule has 18 heavy (non-hydrogen) atoms. The zero-order valence-corrected chi connectivity index (χ0v) is 10.3. The summed E-state index contributed by atoms with van der Waals surface area (Å²) in [6.45, 7) is 6.39. The molecule has 0 heterocycles. The molecule has 0 saturated carbocycles. The third-order valence-corrected chi connectivity index (χ3v) is 1.91. The van der Waals surface area contributed by atoms with E-state index in [-0.39, 0.29) is 5.57 Å². The van der Waals surface area contributed by atoms with Crippen LogP contribution in [0.1, 0.15) is 13.8 Å². The number of para-hydroxylation sites is 1. The fraction of sp³-hybridized carbons (Fsp3) is 0.231. The van der Waals surface area contributed by atoms with Gasteiger partial charge < -0.3 is 9.47 Å². The van der Waals surface area contributed by atoms with Crippen molar-refractivity contribution in [3.05, 3.63) is 42.5 Å². The number of hydrogen-bond acceptors (Lipinski definition) is 4. The van der Waals surface area contributed by atoms with Gasteiger partial charge >= 0.3 is 12.1 Å². The van der Waals surface area contributed by atoms with Crippen LogP contribution in [-0.2, 0) is 14.3 Å². The molecular weight excluding hydrogens is 234 g/mol. The van der Waals surface area contributed by atoms with E-state index in [0.29, 0.717) is 5.69 Å². The fourth-order valence-electron chi connectivity index (χ4n) is 1.09. The van der Waals surface area contributed by atoms with Crippen molar-refractivity contribution in [2.45, 2.75) is 20.1 Å². The van der Waals surface area contributed by atoms with Gasteiger partial charge in [0.1, 0.15) is 0 Å². The van der Waals surface area contributed by atoms with Gasteiger partial charge in [-0.25, -0.2) is 9.59 Å². The molecule has 96 valence electrons. The number of nitrogens with one attached hydrogen (secondary N) is 1. The van der Waals surface area contributed by atoms with Crippen molar-refractivity contribution in [3.8, 4) is 0 Å². The fourth-order valence-corrected chi connectivity index (χ4v) is 1.09. The Labute approximate surface area is 105 Å². The van der Waals surface area contributed by atoms with Crippen molar-refractivity contribution in [3.63, 3.8) is 0 Å². The number of amides is 1. The summed E-state index contributed by atoms with van der Waals surface area (Å²) in [6, 6.07) is 8.81. The van der Waals surface area contributed by atoms with Crippen molar-refractivity contribution in [1.82, 2.24) is 0 Å². The molecule has 0 saturated heterocycles. The Hall–Kier alpha value is -2.30. The molecule has 1 unspecified atom stereocenters. The van der Waals surface area contributed by atoms with Crippen LogP contribution in [0.15, 0.2) is 42.5 Å². The normalized spacial score (nSPS) is 11.2. The number of esters is 1. The predicted molar refractivity (Wildman–Crippen MR) is 66.9 cm³/mol. The van der Waals surface area contributed by atoms with Gasteiger partial charge in [-0.1, -0.05) is 24.8 Å². The number of benzene rings is 1. The third-order valence-electron chi connectivity index (χ3n) is 1.91. The molecule has 0 radical (unpaired) electrons. The van der Waals surface area contributed by atoms with Gasteiger partial charge in [-0.15, -0.1) is 0 Å². The quantitative estimate of drug-likeness (QED) is 0.506. The summed E-state index contributed by atoms with van der Waals surface area (Å²) in [4.78, 5) is 22.6. The average molecular weight is 249 g/mol. The number of rotatable bonds is 4. The Bertz CT molecular complexity index is 442. The lowest BCUT2D eigenvalue weighted by Crippen LogP contribution is -2.24. The second-order valence-electron chi connectivity index (χ2n) is 3.65. The minimum atomic E-state index is -0.974. The first-order valence-electron chi connectivity index (χ1n) is 5.38. The Kier molecular flexibility index (Phi) is 4.92. The first-order chi connectivity index (χ1) is 8.49. The second kappa shape index (κ2) is 6.44. The van der Waals surface area contributed by atoms with Gasteiger partial charge in [0.05, 0.1) is 0 Å². The minimum absolute atomic E-state index is 0.244. The Morgan fingerprint density at radius 3 is 2.39 bits per heavy atom. The standard InChI is InChI=1S/C13H15NO4/c1-9(2)12(15)17-10(3)18-13(16)14-11-7-5-4-6-8-11/h4-8,10H,1H2,2-3H3,(H,14,16). The van der Waals surface area contributed by atoms with Crippen molar-refractivity contribution < 1.29 is 19.1 Å². The van der Waals surface area contributed by atoms with Crippen molar-refractivity contribution in [1.29, 1.82) is 0 Å². The molecule has 0 aliphatic carbocycles. The van der Waals surface area contributed by atoms with E-state index >= 15 is 0 Å². The summed E-state index contributed by atoms with van der Waals surface area (Å²) in [5.74, 6) is -0.602. The average Bonchev–Trinajstić information content (AvgIpc) is 2.29. The van der Waals surface area contributed by atoms with Crippen LogP contribution in [0.2, 0.25) is 0 Å². The molecular formula is C13H15NO4. The molecule has 1 rings (SSSR count). The maximum absolute atomic E-state index is 11.4. The molecule has 1 aromatic carbocycles. The van der Waals surface area contributed by atoms with Crippen LogP contribution < -0.4 is 5.32 Å².